The zero-order chi connectivity index (χ0) is 24.7. The van der Waals surface area contributed by atoms with Crippen LogP contribution in [0.4, 0.5) is 5.69 Å². The molecule has 34 heavy (non-hydrogen) atoms. The van der Waals surface area contributed by atoms with Crippen molar-refractivity contribution in [3.63, 3.8) is 0 Å². The third kappa shape index (κ3) is 6.14. The van der Waals surface area contributed by atoms with Gasteiger partial charge in [0.1, 0.15) is 17.5 Å². The fourth-order valence-electron chi connectivity index (χ4n) is 3.85. The van der Waals surface area contributed by atoms with E-state index >= 15 is 0 Å². The summed E-state index contributed by atoms with van der Waals surface area (Å²) in [5, 5.41) is 2.91. The molecule has 0 saturated heterocycles. The lowest BCUT2D eigenvalue weighted by atomic mass is 10.1. The minimum Gasteiger partial charge on any atom is -0.485 e. The number of amides is 2. The Bertz CT molecular complexity index is 1030. The Balaban J connectivity index is 1.71. The second-order valence-corrected chi connectivity index (χ2v) is 8.26. The number of fused-ring (bicyclic) bond motifs is 1. The molecule has 0 fully saturated rings. The predicted molar refractivity (Wildman–Crippen MR) is 131 cm³/mol. The van der Waals surface area contributed by atoms with E-state index in [0.717, 1.165) is 25.2 Å². The van der Waals surface area contributed by atoms with Crippen LogP contribution in [-0.4, -0.2) is 67.9 Å². The number of rotatable bonds is 11. The fourth-order valence-corrected chi connectivity index (χ4v) is 3.85. The van der Waals surface area contributed by atoms with E-state index in [-0.39, 0.29) is 30.8 Å². The maximum absolute atomic E-state index is 12.8. The number of likely N-dealkylation sites (N-methyl/N-ethyl adjacent to an activating group) is 1. The molecule has 1 aliphatic heterocycles. The van der Waals surface area contributed by atoms with Crippen molar-refractivity contribution in [1.82, 2.24) is 10.2 Å². The van der Waals surface area contributed by atoms with Gasteiger partial charge in [0, 0.05) is 18.7 Å². The number of aryl methyl sites for hydroxylation is 1. The molecule has 2 amide bonds. The van der Waals surface area contributed by atoms with Gasteiger partial charge in [0.05, 0.1) is 5.69 Å². The number of nitrogens with zero attached hydrogens (tertiary/aromatic N) is 2. The average molecular weight is 468 g/mol. The molecule has 0 spiro atoms. The van der Waals surface area contributed by atoms with Gasteiger partial charge in [-0.3, -0.25) is 19.3 Å². The van der Waals surface area contributed by atoms with Crippen LogP contribution < -0.4 is 19.7 Å². The molecule has 0 aromatic heterocycles. The van der Waals surface area contributed by atoms with Crippen molar-refractivity contribution < 1.29 is 23.9 Å². The minimum absolute atomic E-state index is 0.140. The van der Waals surface area contributed by atoms with Crippen LogP contribution in [0.25, 0.3) is 0 Å². The first kappa shape index (κ1) is 25.2. The molecule has 0 saturated carbocycles. The predicted octanol–water partition coefficient (Wildman–Crippen LogP) is 2.83. The normalized spacial score (nSPS) is 13.8. The monoisotopic (exact) mass is 467 g/mol. The molecule has 8 heteroatoms. The first-order valence-electron chi connectivity index (χ1n) is 11.7. The van der Waals surface area contributed by atoms with Gasteiger partial charge >= 0.3 is 0 Å². The van der Waals surface area contributed by atoms with Crippen LogP contribution in [-0.2, 0) is 9.59 Å². The SMILES string of the molecule is CCN(CC)CCNC(=O)[C@H](C)N1C(=O)COc2ccc(C(=O)COc3cccc(C)c3)cc21. The summed E-state index contributed by atoms with van der Waals surface area (Å²) >= 11 is 0. The summed E-state index contributed by atoms with van der Waals surface area (Å²) in [6.07, 6.45) is 0. The second kappa shape index (κ2) is 11.7. The second-order valence-electron chi connectivity index (χ2n) is 8.26. The Morgan fingerprint density at radius 1 is 1.18 bits per heavy atom. The van der Waals surface area contributed by atoms with Gasteiger partial charge in [0.25, 0.3) is 5.91 Å². The van der Waals surface area contributed by atoms with Crippen molar-refractivity contribution in [3.05, 3.63) is 53.6 Å². The molecule has 1 heterocycles. The van der Waals surface area contributed by atoms with Gasteiger partial charge in [0.15, 0.2) is 19.0 Å². The first-order valence-corrected chi connectivity index (χ1v) is 11.7. The molecule has 182 valence electrons. The van der Waals surface area contributed by atoms with Crippen LogP contribution >= 0.6 is 0 Å². The summed E-state index contributed by atoms with van der Waals surface area (Å²) in [5.41, 5.74) is 1.82. The van der Waals surface area contributed by atoms with Crippen LogP contribution in [0.5, 0.6) is 11.5 Å². The molecule has 8 nitrogen and oxygen atoms in total. The highest BCUT2D eigenvalue weighted by Gasteiger charge is 2.33. The lowest BCUT2D eigenvalue weighted by molar-refractivity contribution is -0.127. The summed E-state index contributed by atoms with van der Waals surface area (Å²) in [5.74, 6) is 0.242. The molecular formula is C26H33N3O5. The molecule has 1 aliphatic rings. The number of hydrogen-bond donors (Lipinski definition) is 1. The van der Waals surface area contributed by atoms with Gasteiger partial charge in [-0.1, -0.05) is 26.0 Å². The molecule has 0 bridgehead atoms. The van der Waals surface area contributed by atoms with Gasteiger partial charge in [-0.2, -0.15) is 0 Å². The Labute approximate surface area is 200 Å². The molecule has 1 atom stereocenters. The van der Waals surface area contributed by atoms with Crippen LogP contribution in [0, 0.1) is 6.92 Å². The van der Waals surface area contributed by atoms with E-state index in [0.29, 0.717) is 29.3 Å². The number of Topliss-reactive ketones (excluding diaryl/α,β-unsaturated/α-hetero) is 1. The van der Waals surface area contributed by atoms with Crippen molar-refractivity contribution >= 4 is 23.3 Å². The summed E-state index contributed by atoms with van der Waals surface area (Å²) in [4.78, 5) is 41.9. The smallest absolute Gasteiger partial charge is 0.265 e. The number of carbonyl (C=O) groups excluding carboxylic acids is 3. The van der Waals surface area contributed by atoms with E-state index in [9.17, 15) is 14.4 Å². The van der Waals surface area contributed by atoms with Gasteiger partial charge in [-0.05, 0) is 62.8 Å². The Kier molecular flexibility index (Phi) is 8.65. The lowest BCUT2D eigenvalue weighted by Crippen LogP contribution is -2.52. The van der Waals surface area contributed by atoms with E-state index in [4.69, 9.17) is 9.47 Å². The van der Waals surface area contributed by atoms with Crippen LogP contribution in [0.3, 0.4) is 0 Å². The number of nitrogens with one attached hydrogen (secondary N) is 1. The maximum Gasteiger partial charge on any atom is 0.265 e. The van der Waals surface area contributed by atoms with E-state index in [1.807, 2.05) is 25.1 Å². The topological polar surface area (TPSA) is 88.2 Å². The van der Waals surface area contributed by atoms with Crippen molar-refractivity contribution in [2.24, 2.45) is 0 Å². The summed E-state index contributed by atoms with van der Waals surface area (Å²) in [6, 6.07) is 11.6. The van der Waals surface area contributed by atoms with Crippen LogP contribution in [0.2, 0.25) is 0 Å². The average Bonchev–Trinajstić information content (AvgIpc) is 2.84. The quantitative estimate of drug-likeness (QED) is 0.512. The number of carbonyl (C=O) groups is 3. The van der Waals surface area contributed by atoms with Crippen LogP contribution in [0.15, 0.2) is 42.5 Å². The summed E-state index contributed by atoms with van der Waals surface area (Å²) in [6.45, 7) is 10.5. The lowest BCUT2D eigenvalue weighted by Gasteiger charge is -2.33. The summed E-state index contributed by atoms with van der Waals surface area (Å²) < 4.78 is 11.2. The molecule has 0 unspecified atom stereocenters. The highest BCUT2D eigenvalue weighted by atomic mass is 16.5. The number of ether oxygens (including phenoxy) is 2. The molecule has 0 radical (unpaired) electrons. The molecule has 1 N–H and O–H groups in total. The zero-order valence-electron chi connectivity index (χ0n) is 20.3. The van der Waals surface area contributed by atoms with E-state index < -0.39 is 6.04 Å². The van der Waals surface area contributed by atoms with Gasteiger partial charge in [-0.15, -0.1) is 0 Å². The Morgan fingerprint density at radius 2 is 1.94 bits per heavy atom. The third-order valence-corrected chi connectivity index (χ3v) is 5.91. The standard InChI is InChI=1S/C26H33N3O5/c1-5-28(6-2)13-12-27-26(32)19(4)29-22-15-20(10-11-24(22)34-17-25(29)31)23(30)16-33-21-9-7-8-18(3)14-21/h7-11,14-15,19H,5-6,12-13,16-17H2,1-4H3,(H,27,32)/t19-/m0/s1. The first-order chi connectivity index (χ1) is 16.3. The molecular weight excluding hydrogens is 434 g/mol. The number of benzene rings is 2. The van der Waals surface area contributed by atoms with Crippen molar-refractivity contribution in [1.29, 1.82) is 0 Å². The van der Waals surface area contributed by atoms with E-state index in [1.165, 1.54) is 4.90 Å². The van der Waals surface area contributed by atoms with E-state index in [1.54, 1.807) is 31.2 Å². The fraction of sp³-hybridized carbons (Fsp3) is 0.423. The third-order valence-electron chi connectivity index (χ3n) is 5.91. The summed E-state index contributed by atoms with van der Waals surface area (Å²) in [7, 11) is 0. The molecule has 2 aromatic carbocycles. The van der Waals surface area contributed by atoms with Crippen molar-refractivity contribution in [2.75, 3.05) is 44.3 Å². The zero-order valence-corrected chi connectivity index (χ0v) is 20.3. The Morgan fingerprint density at radius 3 is 2.65 bits per heavy atom. The van der Waals surface area contributed by atoms with Gasteiger partial charge < -0.3 is 19.7 Å². The molecule has 3 rings (SSSR count). The highest BCUT2D eigenvalue weighted by molar-refractivity contribution is 6.05. The van der Waals surface area contributed by atoms with Gasteiger partial charge in [0.2, 0.25) is 5.91 Å². The van der Waals surface area contributed by atoms with E-state index in [2.05, 4.69) is 24.1 Å². The minimum atomic E-state index is -0.749. The molecule has 2 aromatic rings. The van der Waals surface area contributed by atoms with Crippen LogP contribution in [0.1, 0.15) is 36.7 Å². The van der Waals surface area contributed by atoms with Gasteiger partial charge in [-0.25, -0.2) is 0 Å². The number of anilines is 1. The molecule has 0 aliphatic carbocycles. The van der Waals surface area contributed by atoms with Crippen molar-refractivity contribution in [2.45, 2.75) is 33.7 Å². The number of hydrogen-bond acceptors (Lipinski definition) is 6. The highest BCUT2D eigenvalue weighted by Crippen LogP contribution is 2.34. The van der Waals surface area contributed by atoms with Crippen molar-refractivity contribution in [3.8, 4) is 11.5 Å². The largest absolute Gasteiger partial charge is 0.485 e. The number of ketones is 1. The maximum atomic E-state index is 12.8. The Hall–Kier alpha value is -3.39.